The largest absolute Gasteiger partial charge is 0.378 e. The summed E-state index contributed by atoms with van der Waals surface area (Å²) in [6, 6.07) is 30.2. The van der Waals surface area contributed by atoms with Crippen molar-refractivity contribution in [2.75, 3.05) is 29.6 Å². The molecule has 4 rings (SSSR count). The molecule has 224 valence electrons. The second-order valence-electron chi connectivity index (χ2n) is 10.2. The van der Waals surface area contributed by atoms with Gasteiger partial charge in [-0.05, 0) is 98.3 Å². The molecule has 9 heteroatoms. The fraction of sp³-hybridized carbons (Fsp3) is 0.143. The predicted molar refractivity (Wildman–Crippen MR) is 178 cm³/mol. The fourth-order valence-electron chi connectivity index (χ4n) is 4.08. The van der Waals surface area contributed by atoms with Crippen LogP contribution in [0.25, 0.3) is 6.08 Å². The number of nitrogens with zero attached hydrogens (tertiary/aromatic N) is 1. The molecule has 4 aromatic carbocycles. The molecule has 0 fully saturated rings. The highest BCUT2D eigenvalue weighted by atomic mass is 32.2. The highest BCUT2D eigenvalue weighted by Crippen LogP contribution is 2.26. The zero-order valence-corrected chi connectivity index (χ0v) is 25.8. The van der Waals surface area contributed by atoms with Gasteiger partial charge in [-0.3, -0.25) is 19.2 Å². The second-order valence-corrected chi connectivity index (χ2v) is 11.6. The molecule has 3 N–H and O–H groups in total. The van der Waals surface area contributed by atoms with Crippen molar-refractivity contribution in [1.29, 1.82) is 0 Å². The number of amides is 3. The van der Waals surface area contributed by atoms with E-state index in [9.17, 15) is 19.2 Å². The monoisotopic (exact) mass is 606 g/mol. The van der Waals surface area contributed by atoms with Gasteiger partial charge in [0.1, 0.15) is 5.70 Å². The van der Waals surface area contributed by atoms with Gasteiger partial charge in [-0.25, -0.2) is 0 Å². The molecule has 0 saturated carbocycles. The van der Waals surface area contributed by atoms with E-state index in [1.54, 1.807) is 73.7 Å². The van der Waals surface area contributed by atoms with Crippen LogP contribution in [0.4, 0.5) is 17.1 Å². The Balaban J connectivity index is 1.42. The van der Waals surface area contributed by atoms with Crippen molar-refractivity contribution >= 4 is 58.4 Å². The number of thioether (sulfide) groups is 1. The Morgan fingerprint density at radius 1 is 0.727 bits per heavy atom. The van der Waals surface area contributed by atoms with Crippen molar-refractivity contribution in [3.8, 4) is 0 Å². The third-order valence-corrected chi connectivity index (χ3v) is 7.71. The summed E-state index contributed by atoms with van der Waals surface area (Å²) in [7, 11) is 3.89. The molecule has 1 atom stereocenters. The molecule has 0 aromatic heterocycles. The molecular weight excluding hydrogens is 572 g/mol. The van der Waals surface area contributed by atoms with Crippen molar-refractivity contribution < 1.29 is 19.2 Å². The molecule has 0 saturated heterocycles. The van der Waals surface area contributed by atoms with E-state index in [0.29, 0.717) is 22.5 Å². The van der Waals surface area contributed by atoms with Gasteiger partial charge in [-0.2, -0.15) is 0 Å². The number of benzene rings is 4. The first kappa shape index (κ1) is 31.8. The first-order valence-electron chi connectivity index (χ1n) is 13.9. The van der Waals surface area contributed by atoms with Gasteiger partial charge in [0.15, 0.2) is 5.78 Å². The number of Topliss-reactive ketones (excluding diaryl/α,β-unsaturated/α-hetero) is 1. The summed E-state index contributed by atoms with van der Waals surface area (Å²) in [4.78, 5) is 53.3. The van der Waals surface area contributed by atoms with Crippen LogP contribution in [-0.4, -0.2) is 42.9 Å². The Kier molecular flexibility index (Phi) is 10.7. The molecule has 0 heterocycles. The van der Waals surface area contributed by atoms with Crippen LogP contribution in [0.3, 0.4) is 0 Å². The standard InChI is InChI=1S/C35H34N4O4S/c1-23(40)26-12-14-28(15-13-26)36-33(41)24(2)44-31-20-16-29(17-21-31)37-35(43)32(38-34(42)27-8-6-5-7-9-27)22-25-10-18-30(19-11-25)39(3)4/h5-22,24H,1-4H3,(H,36,41)(H,37,43)(H,38,42)/b32-22-. The molecular formula is C35H34N4O4S. The van der Waals surface area contributed by atoms with Gasteiger partial charge in [0.2, 0.25) is 5.91 Å². The Hall–Kier alpha value is -5.15. The van der Waals surface area contributed by atoms with E-state index in [2.05, 4.69) is 16.0 Å². The van der Waals surface area contributed by atoms with Crippen LogP contribution in [0, 0.1) is 0 Å². The van der Waals surface area contributed by atoms with Crippen molar-refractivity contribution in [1.82, 2.24) is 5.32 Å². The number of carbonyl (C=O) groups is 4. The van der Waals surface area contributed by atoms with Gasteiger partial charge in [0.05, 0.1) is 5.25 Å². The maximum absolute atomic E-state index is 13.4. The summed E-state index contributed by atoms with van der Waals surface area (Å²) in [5.74, 6) is -1.09. The van der Waals surface area contributed by atoms with E-state index in [1.165, 1.54) is 18.7 Å². The van der Waals surface area contributed by atoms with Gasteiger partial charge < -0.3 is 20.9 Å². The lowest BCUT2D eigenvalue weighted by molar-refractivity contribution is -0.115. The number of hydrogen-bond acceptors (Lipinski definition) is 6. The first-order chi connectivity index (χ1) is 21.1. The minimum absolute atomic E-state index is 0.0366. The molecule has 0 bridgehead atoms. The van der Waals surface area contributed by atoms with Crippen LogP contribution in [0.5, 0.6) is 0 Å². The Labute approximate surface area is 261 Å². The van der Waals surface area contributed by atoms with Crippen LogP contribution in [0.2, 0.25) is 0 Å². The van der Waals surface area contributed by atoms with E-state index >= 15 is 0 Å². The zero-order valence-electron chi connectivity index (χ0n) is 25.0. The van der Waals surface area contributed by atoms with E-state index in [-0.39, 0.29) is 17.4 Å². The van der Waals surface area contributed by atoms with E-state index in [0.717, 1.165) is 16.1 Å². The van der Waals surface area contributed by atoms with Crippen LogP contribution >= 0.6 is 11.8 Å². The van der Waals surface area contributed by atoms with Gasteiger partial charge in [0.25, 0.3) is 11.8 Å². The fourth-order valence-corrected chi connectivity index (χ4v) is 4.95. The summed E-state index contributed by atoms with van der Waals surface area (Å²) in [6.45, 7) is 3.30. The number of hydrogen-bond donors (Lipinski definition) is 3. The number of nitrogens with one attached hydrogen (secondary N) is 3. The quantitative estimate of drug-likeness (QED) is 0.102. The normalized spacial score (nSPS) is 11.7. The predicted octanol–water partition coefficient (Wildman–Crippen LogP) is 6.48. The van der Waals surface area contributed by atoms with E-state index in [4.69, 9.17) is 0 Å². The Morgan fingerprint density at radius 3 is 1.91 bits per heavy atom. The minimum Gasteiger partial charge on any atom is -0.378 e. The highest BCUT2D eigenvalue weighted by Gasteiger charge is 2.17. The Morgan fingerprint density at radius 2 is 1.32 bits per heavy atom. The average molecular weight is 607 g/mol. The first-order valence-corrected chi connectivity index (χ1v) is 14.8. The lowest BCUT2D eigenvalue weighted by Gasteiger charge is -2.14. The number of ketones is 1. The maximum Gasteiger partial charge on any atom is 0.272 e. The second kappa shape index (κ2) is 14.8. The summed E-state index contributed by atoms with van der Waals surface area (Å²) in [6.07, 6.45) is 1.63. The van der Waals surface area contributed by atoms with Crippen LogP contribution in [0.1, 0.15) is 40.1 Å². The lowest BCUT2D eigenvalue weighted by Crippen LogP contribution is -2.30. The molecule has 0 aliphatic carbocycles. The molecule has 44 heavy (non-hydrogen) atoms. The van der Waals surface area contributed by atoms with Crippen LogP contribution in [-0.2, 0) is 9.59 Å². The molecule has 0 spiro atoms. The SMILES string of the molecule is CC(=O)c1ccc(NC(=O)C(C)Sc2ccc(NC(=O)/C(=C/c3ccc(N(C)C)cc3)NC(=O)c3ccccc3)cc2)cc1. The van der Waals surface area contributed by atoms with Gasteiger partial charge in [-0.15, -0.1) is 11.8 Å². The van der Waals surface area contributed by atoms with Crippen molar-refractivity contribution in [2.24, 2.45) is 0 Å². The number of rotatable bonds is 11. The molecule has 3 amide bonds. The molecule has 4 aromatic rings. The summed E-state index contributed by atoms with van der Waals surface area (Å²) >= 11 is 1.37. The summed E-state index contributed by atoms with van der Waals surface area (Å²) in [5.41, 5.74) is 4.01. The van der Waals surface area contributed by atoms with E-state index < -0.39 is 17.1 Å². The van der Waals surface area contributed by atoms with Gasteiger partial charge in [-0.1, -0.05) is 30.3 Å². The third kappa shape index (κ3) is 8.92. The molecule has 1 unspecified atom stereocenters. The van der Waals surface area contributed by atoms with Gasteiger partial charge >= 0.3 is 0 Å². The minimum atomic E-state index is -0.477. The number of carbonyl (C=O) groups excluding carboxylic acids is 4. The van der Waals surface area contributed by atoms with Crippen molar-refractivity contribution in [3.05, 3.63) is 126 Å². The smallest absolute Gasteiger partial charge is 0.272 e. The molecule has 0 aliphatic rings. The maximum atomic E-state index is 13.4. The molecule has 0 aliphatic heterocycles. The van der Waals surface area contributed by atoms with Crippen molar-refractivity contribution in [2.45, 2.75) is 24.0 Å². The summed E-state index contributed by atoms with van der Waals surface area (Å²) in [5, 5.41) is 8.07. The molecule has 0 radical (unpaired) electrons. The van der Waals surface area contributed by atoms with E-state index in [1.807, 2.05) is 61.5 Å². The zero-order chi connectivity index (χ0) is 31.6. The van der Waals surface area contributed by atoms with Crippen LogP contribution in [0.15, 0.2) is 114 Å². The van der Waals surface area contributed by atoms with Crippen LogP contribution < -0.4 is 20.9 Å². The van der Waals surface area contributed by atoms with Crippen molar-refractivity contribution in [3.63, 3.8) is 0 Å². The summed E-state index contributed by atoms with van der Waals surface area (Å²) < 4.78 is 0. The highest BCUT2D eigenvalue weighted by molar-refractivity contribution is 8.00. The van der Waals surface area contributed by atoms with Gasteiger partial charge in [0, 0.05) is 47.2 Å². The lowest BCUT2D eigenvalue weighted by atomic mass is 10.1. The Bertz CT molecular complexity index is 1650. The topological polar surface area (TPSA) is 108 Å². The molecule has 8 nitrogen and oxygen atoms in total. The average Bonchev–Trinajstić information content (AvgIpc) is 3.02. The number of anilines is 3. The third-order valence-electron chi connectivity index (χ3n) is 6.60.